The van der Waals surface area contributed by atoms with Crippen LogP contribution in [0, 0.1) is 0 Å². The van der Waals surface area contributed by atoms with E-state index in [0.717, 1.165) is 29.0 Å². The molecule has 1 unspecified atom stereocenters. The SMILES string of the molecule is COC(=O)NC1CCN(c2nc(NN)nc3sccc23)C1. The number of carbonyl (C=O) groups is 1. The molecule has 0 spiro atoms. The van der Waals surface area contributed by atoms with Gasteiger partial charge < -0.3 is 15.0 Å². The number of thiophene rings is 1. The Morgan fingerprint density at radius 2 is 2.43 bits per heavy atom. The summed E-state index contributed by atoms with van der Waals surface area (Å²) in [7, 11) is 1.36. The lowest BCUT2D eigenvalue weighted by Gasteiger charge is -2.19. The van der Waals surface area contributed by atoms with Crippen LogP contribution < -0.4 is 21.5 Å². The topological polar surface area (TPSA) is 105 Å². The molecular formula is C12H16N6O2S. The summed E-state index contributed by atoms with van der Waals surface area (Å²) in [6.07, 6.45) is 0.436. The number of alkyl carbamates (subject to hydrolysis) is 1. The van der Waals surface area contributed by atoms with Crippen LogP contribution in [0.1, 0.15) is 6.42 Å². The van der Waals surface area contributed by atoms with Crippen LogP contribution in [-0.2, 0) is 4.74 Å². The zero-order valence-corrected chi connectivity index (χ0v) is 12.3. The first-order valence-corrected chi connectivity index (χ1v) is 7.40. The highest BCUT2D eigenvalue weighted by atomic mass is 32.1. The molecular weight excluding hydrogens is 292 g/mol. The predicted molar refractivity (Wildman–Crippen MR) is 81.4 cm³/mol. The number of aromatic nitrogens is 2. The van der Waals surface area contributed by atoms with E-state index >= 15 is 0 Å². The highest BCUT2D eigenvalue weighted by molar-refractivity contribution is 7.16. The number of nitrogens with one attached hydrogen (secondary N) is 2. The van der Waals surface area contributed by atoms with Gasteiger partial charge in [0, 0.05) is 13.1 Å². The summed E-state index contributed by atoms with van der Waals surface area (Å²) in [6, 6.07) is 2.05. The fourth-order valence-electron chi connectivity index (χ4n) is 2.44. The maximum atomic E-state index is 11.3. The number of nitrogens with two attached hydrogens (primary N) is 1. The van der Waals surface area contributed by atoms with E-state index in [-0.39, 0.29) is 6.04 Å². The summed E-state index contributed by atoms with van der Waals surface area (Å²) in [5.74, 6) is 6.66. The van der Waals surface area contributed by atoms with Crippen molar-refractivity contribution in [1.29, 1.82) is 0 Å². The van der Waals surface area contributed by atoms with E-state index in [2.05, 4.69) is 30.3 Å². The third-order valence-corrected chi connectivity index (χ3v) is 4.24. The Balaban J connectivity index is 1.84. The molecule has 2 aromatic heterocycles. The average Bonchev–Trinajstić information content (AvgIpc) is 3.14. The molecule has 4 N–H and O–H groups in total. The van der Waals surface area contributed by atoms with Gasteiger partial charge in [0.1, 0.15) is 10.6 Å². The van der Waals surface area contributed by atoms with Crippen molar-refractivity contribution in [3.8, 4) is 0 Å². The van der Waals surface area contributed by atoms with E-state index in [0.29, 0.717) is 12.5 Å². The van der Waals surface area contributed by atoms with Gasteiger partial charge in [-0.25, -0.2) is 15.6 Å². The van der Waals surface area contributed by atoms with Gasteiger partial charge in [0.2, 0.25) is 5.95 Å². The van der Waals surface area contributed by atoms with Crippen LogP contribution in [0.4, 0.5) is 16.6 Å². The predicted octanol–water partition coefficient (Wildman–Crippen LogP) is 0.912. The van der Waals surface area contributed by atoms with E-state index in [9.17, 15) is 4.79 Å². The van der Waals surface area contributed by atoms with Gasteiger partial charge in [-0.05, 0) is 17.9 Å². The summed E-state index contributed by atoms with van der Waals surface area (Å²) in [5, 5.41) is 5.79. The smallest absolute Gasteiger partial charge is 0.407 e. The minimum Gasteiger partial charge on any atom is -0.453 e. The molecule has 1 fully saturated rings. The molecule has 9 heteroatoms. The molecule has 0 saturated carbocycles. The highest BCUT2D eigenvalue weighted by Crippen LogP contribution is 2.30. The molecule has 2 aromatic rings. The number of rotatable bonds is 3. The van der Waals surface area contributed by atoms with Gasteiger partial charge in [-0.1, -0.05) is 0 Å². The summed E-state index contributed by atoms with van der Waals surface area (Å²) < 4.78 is 4.63. The number of carbonyl (C=O) groups excluding carboxylic acids is 1. The fraction of sp³-hybridized carbons (Fsp3) is 0.417. The van der Waals surface area contributed by atoms with Gasteiger partial charge in [0.15, 0.2) is 0 Å². The molecule has 21 heavy (non-hydrogen) atoms. The van der Waals surface area contributed by atoms with E-state index in [4.69, 9.17) is 5.84 Å². The summed E-state index contributed by atoms with van der Waals surface area (Å²) in [6.45, 7) is 1.49. The lowest BCUT2D eigenvalue weighted by atomic mass is 10.3. The van der Waals surface area contributed by atoms with E-state index < -0.39 is 6.09 Å². The third kappa shape index (κ3) is 2.69. The van der Waals surface area contributed by atoms with E-state index in [1.165, 1.54) is 7.11 Å². The molecule has 1 saturated heterocycles. The molecule has 112 valence electrons. The Labute approximate surface area is 125 Å². The standard InChI is InChI=1S/C12H16N6O2S/c1-20-12(19)14-7-2-4-18(6-7)9-8-3-5-21-10(8)16-11(15-9)17-13/h3,5,7H,2,4,6,13H2,1H3,(H,14,19)(H,15,16,17). The fourth-order valence-corrected chi connectivity index (χ4v) is 3.20. The van der Waals surface area contributed by atoms with Crippen molar-refractivity contribution in [2.24, 2.45) is 5.84 Å². The quantitative estimate of drug-likeness (QED) is 0.571. The molecule has 3 rings (SSSR count). The number of hydrazine groups is 1. The molecule has 1 aliphatic rings. The van der Waals surface area contributed by atoms with Crippen molar-refractivity contribution in [2.75, 3.05) is 30.5 Å². The van der Waals surface area contributed by atoms with Crippen LogP contribution >= 0.6 is 11.3 Å². The van der Waals surface area contributed by atoms with Crippen molar-refractivity contribution >= 4 is 39.4 Å². The number of anilines is 2. The Bertz CT molecular complexity index is 660. The summed E-state index contributed by atoms with van der Waals surface area (Å²) in [4.78, 5) is 23.1. The Morgan fingerprint density at radius 1 is 1.57 bits per heavy atom. The number of fused-ring (bicyclic) bond motifs is 1. The van der Waals surface area contributed by atoms with E-state index in [1.807, 2.05) is 11.4 Å². The molecule has 0 bridgehead atoms. The highest BCUT2D eigenvalue weighted by Gasteiger charge is 2.27. The zero-order chi connectivity index (χ0) is 14.8. The van der Waals surface area contributed by atoms with Crippen molar-refractivity contribution in [3.05, 3.63) is 11.4 Å². The molecule has 0 radical (unpaired) electrons. The average molecular weight is 308 g/mol. The van der Waals surface area contributed by atoms with Gasteiger partial charge in [-0.2, -0.15) is 4.98 Å². The molecule has 3 heterocycles. The van der Waals surface area contributed by atoms with Gasteiger partial charge in [-0.15, -0.1) is 11.3 Å². The second-order valence-corrected chi connectivity index (χ2v) is 5.62. The third-order valence-electron chi connectivity index (χ3n) is 3.43. The lowest BCUT2D eigenvalue weighted by molar-refractivity contribution is 0.167. The largest absolute Gasteiger partial charge is 0.453 e. The molecule has 8 nitrogen and oxygen atoms in total. The molecule has 1 aliphatic heterocycles. The van der Waals surface area contributed by atoms with Crippen LogP contribution in [0.15, 0.2) is 11.4 Å². The first-order valence-electron chi connectivity index (χ1n) is 6.52. The van der Waals surface area contributed by atoms with Crippen molar-refractivity contribution in [3.63, 3.8) is 0 Å². The number of hydrogen-bond acceptors (Lipinski definition) is 8. The number of nitrogen functional groups attached to an aromatic ring is 1. The number of nitrogens with zero attached hydrogens (tertiary/aromatic N) is 3. The Morgan fingerprint density at radius 3 is 3.19 bits per heavy atom. The Hall–Kier alpha value is -2.13. The van der Waals surface area contributed by atoms with E-state index in [1.54, 1.807) is 11.3 Å². The van der Waals surface area contributed by atoms with Gasteiger partial charge in [0.05, 0.1) is 18.5 Å². The number of hydrogen-bond donors (Lipinski definition) is 3. The lowest BCUT2D eigenvalue weighted by Crippen LogP contribution is -2.37. The van der Waals surface area contributed by atoms with Gasteiger partial charge in [0.25, 0.3) is 0 Å². The van der Waals surface area contributed by atoms with Crippen molar-refractivity contribution in [1.82, 2.24) is 15.3 Å². The minimum absolute atomic E-state index is 0.0513. The van der Waals surface area contributed by atoms with Crippen LogP contribution in [-0.4, -0.2) is 42.3 Å². The second kappa shape index (κ2) is 5.70. The van der Waals surface area contributed by atoms with Crippen LogP contribution in [0.2, 0.25) is 0 Å². The number of methoxy groups -OCH3 is 1. The monoisotopic (exact) mass is 308 g/mol. The van der Waals surface area contributed by atoms with Crippen LogP contribution in [0.5, 0.6) is 0 Å². The number of ether oxygens (including phenoxy) is 1. The Kier molecular flexibility index (Phi) is 3.76. The first-order chi connectivity index (χ1) is 10.2. The second-order valence-electron chi connectivity index (χ2n) is 4.72. The number of amides is 1. The maximum absolute atomic E-state index is 11.3. The minimum atomic E-state index is -0.408. The summed E-state index contributed by atoms with van der Waals surface area (Å²) in [5.41, 5.74) is 2.49. The zero-order valence-electron chi connectivity index (χ0n) is 11.5. The maximum Gasteiger partial charge on any atom is 0.407 e. The van der Waals surface area contributed by atoms with Crippen LogP contribution in [0.25, 0.3) is 10.2 Å². The molecule has 1 amide bonds. The van der Waals surface area contributed by atoms with Crippen LogP contribution in [0.3, 0.4) is 0 Å². The summed E-state index contributed by atoms with van der Waals surface area (Å²) >= 11 is 1.54. The first kappa shape index (κ1) is 13.8. The van der Waals surface area contributed by atoms with Crippen molar-refractivity contribution < 1.29 is 9.53 Å². The van der Waals surface area contributed by atoms with Crippen molar-refractivity contribution in [2.45, 2.75) is 12.5 Å². The molecule has 1 atom stereocenters. The van der Waals surface area contributed by atoms with Gasteiger partial charge in [-0.3, -0.25) is 5.43 Å². The molecule has 0 aromatic carbocycles. The normalized spacial score (nSPS) is 18.0. The van der Waals surface area contributed by atoms with Gasteiger partial charge >= 0.3 is 6.09 Å². The molecule has 0 aliphatic carbocycles.